The summed E-state index contributed by atoms with van der Waals surface area (Å²) in [4.78, 5) is 17.1. The fourth-order valence-corrected chi connectivity index (χ4v) is 1.73. The molecule has 1 fully saturated rings. The fourth-order valence-electron chi connectivity index (χ4n) is 1.73. The molecule has 19 heavy (non-hydrogen) atoms. The largest absolute Gasteiger partial charge is 0.452 e. The highest BCUT2D eigenvalue weighted by Crippen LogP contribution is 2.23. The quantitative estimate of drug-likeness (QED) is 0.594. The third-order valence-electron chi connectivity index (χ3n) is 2.75. The van der Waals surface area contributed by atoms with Gasteiger partial charge in [0.1, 0.15) is 24.5 Å². The van der Waals surface area contributed by atoms with E-state index in [-0.39, 0.29) is 11.6 Å². The van der Waals surface area contributed by atoms with Crippen LogP contribution in [-0.2, 0) is 4.74 Å². The van der Waals surface area contributed by atoms with Gasteiger partial charge in [0.05, 0.1) is 0 Å². The molecule has 9 nitrogen and oxygen atoms in total. The number of aliphatic hydroxyl groups excluding tert-OH is 2. The Labute approximate surface area is 106 Å². The van der Waals surface area contributed by atoms with Gasteiger partial charge in [-0.3, -0.25) is 0 Å². The zero-order chi connectivity index (χ0) is 13.6. The Kier molecular flexibility index (Phi) is 2.50. The van der Waals surface area contributed by atoms with Crippen LogP contribution in [0.5, 0.6) is 0 Å². The predicted octanol–water partition coefficient (Wildman–Crippen LogP) is -1.57. The van der Waals surface area contributed by atoms with Crippen LogP contribution in [0, 0.1) is 0 Å². The Bertz CT molecular complexity index is 642. The van der Waals surface area contributed by atoms with Gasteiger partial charge in [-0.2, -0.15) is 0 Å². The van der Waals surface area contributed by atoms with Crippen molar-refractivity contribution < 1.29 is 19.8 Å². The van der Waals surface area contributed by atoms with E-state index in [1.807, 2.05) is 0 Å². The molecule has 3 rings (SSSR count). The van der Waals surface area contributed by atoms with Crippen molar-refractivity contribution in [2.24, 2.45) is 0 Å². The van der Waals surface area contributed by atoms with Crippen molar-refractivity contribution in [2.75, 3.05) is 5.73 Å². The number of fused-ring (bicyclic) bond motifs is 1. The van der Waals surface area contributed by atoms with Crippen molar-refractivity contribution in [3.8, 4) is 0 Å². The monoisotopic (exact) mass is 265 g/mol. The molecule has 100 valence electrons. The van der Waals surface area contributed by atoms with Crippen molar-refractivity contribution >= 4 is 17.0 Å². The van der Waals surface area contributed by atoms with Crippen molar-refractivity contribution in [3.05, 3.63) is 25.0 Å². The maximum atomic E-state index is 9.70. The minimum atomic E-state index is -1.25. The number of rotatable bonds is 2. The highest BCUT2D eigenvalue weighted by Gasteiger charge is 2.41. The summed E-state index contributed by atoms with van der Waals surface area (Å²) in [7, 11) is 0. The standard InChI is InChI=1S/C10H11N5O4/c1-4-6(16)7(17)10(18-4)19-15-3-14-5-8(11)12-2-13-9(5)15/h2-3,6-7,10,16-17H,1H2,(H2,11,12,13)/t6-,7-,10+/m1/s1. The lowest BCUT2D eigenvalue weighted by Crippen LogP contribution is -2.37. The van der Waals surface area contributed by atoms with Gasteiger partial charge in [0, 0.05) is 0 Å². The van der Waals surface area contributed by atoms with E-state index in [1.54, 1.807) is 0 Å². The Morgan fingerprint density at radius 2 is 2.16 bits per heavy atom. The van der Waals surface area contributed by atoms with Gasteiger partial charge >= 0.3 is 0 Å². The zero-order valence-electron chi connectivity index (χ0n) is 9.67. The van der Waals surface area contributed by atoms with Gasteiger partial charge in [0.2, 0.25) is 5.65 Å². The molecule has 0 amide bonds. The van der Waals surface area contributed by atoms with Crippen LogP contribution in [0.2, 0.25) is 0 Å². The van der Waals surface area contributed by atoms with Crippen LogP contribution in [0.15, 0.2) is 25.0 Å². The Balaban J connectivity index is 1.90. The summed E-state index contributed by atoms with van der Waals surface area (Å²) >= 11 is 0. The number of imidazole rings is 1. The van der Waals surface area contributed by atoms with Crippen molar-refractivity contribution in [1.82, 2.24) is 19.7 Å². The van der Waals surface area contributed by atoms with Gasteiger partial charge in [0.15, 0.2) is 17.4 Å². The first kappa shape index (κ1) is 11.7. The second-order valence-electron chi connectivity index (χ2n) is 3.99. The minimum Gasteiger partial charge on any atom is -0.452 e. The summed E-state index contributed by atoms with van der Waals surface area (Å²) in [5.74, 6) is 0.251. The number of aromatic nitrogens is 4. The number of nitrogens with two attached hydrogens (primary N) is 1. The summed E-state index contributed by atoms with van der Waals surface area (Å²) in [6, 6.07) is 0. The molecule has 0 aliphatic carbocycles. The lowest BCUT2D eigenvalue weighted by molar-refractivity contribution is -0.145. The molecule has 1 aliphatic heterocycles. The number of anilines is 1. The number of ether oxygens (including phenoxy) is 1. The predicted molar refractivity (Wildman–Crippen MR) is 62.3 cm³/mol. The van der Waals surface area contributed by atoms with Crippen LogP contribution in [0.25, 0.3) is 11.2 Å². The SMILES string of the molecule is C=C1O[C@@H](On2cnc3c(N)ncnc32)[C@H](O)[C@@H]1O. The molecular weight excluding hydrogens is 254 g/mol. The molecule has 3 heterocycles. The fraction of sp³-hybridized carbons (Fsp3) is 0.300. The van der Waals surface area contributed by atoms with E-state index in [0.29, 0.717) is 11.2 Å². The highest BCUT2D eigenvalue weighted by atomic mass is 16.8. The number of aliphatic hydroxyl groups is 2. The molecule has 1 saturated heterocycles. The number of hydrogen-bond donors (Lipinski definition) is 3. The summed E-state index contributed by atoms with van der Waals surface area (Å²) in [5.41, 5.74) is 6.33. The van der Waals surface area contributed by atoms with Crippen LogP contribution < -0.4 is 10.6 Å². The van der Waals surface area contributed by atoms with E-state index in [0.717, 1.165) is 0 Å². The molecule has 3 atom stereocenters. The molecule has 0 bridgehead atoms. The molecule has 4 N–H and O–H groups in total. The highest BCUT2D eigenvalue weighted by molar-refractivity contribution is 5.80. The molecule has 0 spiro atoms. The maximum Gasteiger partial charge on any atom is 0.291 e. The van der Waals surface area contributed by atoms with Gasteiger partial charge in [-0.1, -0.05) is 6.58 Å². The van der Waals surface area contributed by atoms with Gasteiger partial charge in [-0.05, 0) is 0 Å². The van der Waals surface area contributed by atoms with Gasteiger partial charge in [0.25, 0.3) is 6.29 Å². The summed E-state index contributed by atoms with van der Waals surface area (Å²) in [6.45, 7) is 3.46. The third kappa shape index (κ3) is 1.75. The van der Waals surface area contributed by atoms with Crippen LogP contribution in [0.4, 0.5) is 5.82 Å². The van der Waals surface area contributed by atoms with E-state index < -0.39 is 18.5 Å². The van der Waals surface area contributed by atoms with Crippen LogP contribution in [0.3, 0.4) is 0 Å². The molecule has 1 aliphatic rings. The molecule has 0 unspecified atom stereocenters. The first-order valence-corrected chi connectivity index (χ1v) is 5.40. The average Bonchev–Trinajstić information content (AvgIpc) is 2.90. The molecule has 0 saturated carbocycles. The molecule has 9 heteroatoms. The van der Waals surface area contributed by atoms with E-state index in [4.69, 9.17) is 15.3 Å². The zero-order valence-corrected chi connectivity index (χ0v) is 9.67. The Morgan fingerprint density at radius 1 is 1.37 bits per heavy atom. The summed E-state index contributed by atoms with van der Waals surface area (Å²) in [6.07, 6.45) is -0.960. The first-order valence-electron chi connectivity index (χ1n) is 5.40. The lowest BCUT2D eigenvalue weighted by atomic mass is 10.2. The van der Waals surface area contributed by atoms with E-state index in [9.17, 15) is 10.2 Å². The van der Waals surface area contributed by atoms with E-state index in [1.165, 1.54) is 17.4 Å². The van der Waals surface area contributed by atoms with E-state index >= 15 is 0 Å². The van der Waals surface area contributed by atoms with Gasteiger partial charge in [-0.15, -0.1) is 4.73 Å². The number of nitrogen functional groups attached to an aromatic ring is 1. The molecule has 2 aromatic heterocycles. The Morgan fingerprint density at radius 3 is 2.84 bits per heavy atom. The summed E-state index contributed by atoms with van der Waals surface area (Å²) in [5, 5.41) is 19.2. The second-order valence-corrected chi connectivity index (χ2v) is 3.99. The topological polar surface area (TPSA) is 129 Å². The first-order chi connectivity index (χ1) is 9.08. The number of nitrogens with zero attached hydrogens (tertiary/aromatic N) is 4. The van der Waals surface area contributed by atoms with Gasteiger partial charge in [-0.25, -0.2) is 15.0 Å². The number of hydrogen-bond acceptors (Lipinski definition) is 8. The Hall–Kier alpha value is -2.39. The minimum absolute atomic E-state index is 0.0380. The van der Waals surface area contributed by atoms with Crippen LogP contribution in [-0.4, -0.2) is 48.4 Å². The second kappa shape index (κ2) is 4.07. The maximum absolute atomic E-state index is 9.70. The smallest absolute Gasteiger partial charge is 0.291 e. The normalized spacial score (nSPS) is 26.6. The van der Waals surface area contributed by atoms with Crippen molar-refractivity contribution in [2.45, 2.75) is 18.5 Å². The molecule has 0 aromatic carbocycles. The molecular formula is C10H11N5O4. The molecule has 0 radical (unpaired) electrons. The van der Waals surface area contributed by atoms with Crippen LogP contribution >= 0.6 is 0 Å². The van der Waals surface area contributed by atoms with Gasteiger partial charge < -0.3 is 25.5 Å². The van der Waals surface area contributed by atoms with Crippen molar-refractivity contribution in [3.63, 3.8) is 0 Å². The summed E-state index contributed by atoms with van der Waals surface area (Å²) < 4.78 is 6.29. The lowest BCUT2D eigenvalue weighted by Gasteiger charge is -2.15. The van der Waals surface area contributed by atoms with Crippen LogP contribution in [0.1, 0.15) is 0 Å². The van der Waals surface area contributed by atoms with E-state index in [2.05, 4.69) is 21.5 Å². The van der Waals surface area contributed by atoms with Crippen molar-refractivity contribution in [1.29, 1.82) is 0 Å². The third-order valence-corrected chi connectivity index (χ3v) is 2.75. The average molecular weight is 265 g/mol. The molecule has 2 aromatic rings.